The Balaban J connectivity index is 0.00000187. The molecule has 1 aliphatic rings. The number of nitrogens with two attached hydrogens (primary N) is 1. The topological polar surface area (TPSA) is 104 Å². The molecule has 1 amide bonds. The summed E-state index contributed by atoms with van der Waals surface area (Å²) in [5, 5.41) is 10.0. The van der Waals surface area contributed by atoms with E-state index in [0.29, 0.717) is 6.61 Å². The molecule has 2 aromatic carbocycles. The summed E-state index contributed by atoms with van der Waals surface area (Å²) in [5.74, 6) is 1.96. The Labute approximate surface area is 247 Å². The molecule has 3 N–H and O–H groups in total. The molecule has 1 fully saturated rings. The number of anilines is 2. The van der Waals surface area contributed by atoms with Crippen molar-refractivity contribution >= 4 is 30.8 Å². The van der Waals surface area contributed by atoms with E-state index in [9.17, 15) is 4.79 Å². The van der Waals surface area contributed by atoms with Gasteiger partial charge in [0.2, 0.25) is 13.8 Å². The number of nitrogens with one attached hydrogen (secondary N) is 1. The number of ether oxygens (including phenoxy) is 2. The van der Waals surface area contributed by atoms with Gasteiger partial charge >= 0.3 is 0 Å². The molecule has 0 bridgehead atoms. The SMILES string of the molecule is CCC/C=C(C)/C(C)=C(/N)c1cc(NC(=O)COCCN2CCN(c3ccc(OC)cc3)CC2)ccc1C.[B]C#N. The summed E-state index contributed by atoms with van der Waals surface area (Å²) in [6.45, 7) is 13.6. The van der Waals surface area contributed by atoms with Gasteiger partial charge in [-0.15, -0.1) is 0 Å². The molecule has 2 aromatic rings. The smallest absolute Gasteiger partial charge is 0.250 e. The van der Waals surface area contributed by atoms with E-state index < -0.39 is 0 Å². The lowest BCUT2D eigenvalue weighted by atomic mass is 9.98. The van der Waals surface area contributed by atoms with Crippen LogP contribution in [-0.2, 0) is 9.53 Å². The number of benzene rings is 2. The first kappa shape index (κ1) is 33.5. The molecule has 41 heavy (non-hydrogen) atoms. The summed E-state index contributed by atoms with van der Waals surface area (Å²) in [5.41, 5.74) is 13.5. The molecule has 0 aliphatic carbocycles. The third kappa shape index (κ3) is 11.0. The van der Waals surface area contributed by atoms with Gasteiger partial charge in [-0.3, -0.25) is 9.69 Å². The Morgan fingerprint density at radius 1 is 1.15 bits per heavy atom. The van der Waals surface area contributed by atoms with Crippen molar-refractivity contribution in [1.29, 1.82) is 5.26 Å². The number of piperazine rings is 1. The fourth-order valence-electron chi connectivity index (χ4n) is 4.50. The van der Waals surface area contributed by atoms with Crippen LogP contribution in [0.4, 0.5) is 11.4 Å². The zero-order chi connectivity index (χ0) is 30.2. The van der Waals surface area contributed by atoms with E-state index in [1.165, 1.54) is 17.2 Å². The third-order valence-corrected chi connectivity index (χ3v) is 7.14. The van der Waals surface area contributed by atoms with E-state index in [4.69, 9.17) is 20.5 Å². The molecule has 0 saturated carbocycles. The van der Waals surface area contributed by atoms with Gasteiger partial charge in [0.25, 0.3) is 0 Å². The molecule has 1 aliphatic heterocycles. The lowest BCUT2D eigenvalue weighted by Gasteiger charge is -2.36. The molecular weight excluding hydrogens is 513 g/mol. The zero-order valence-electron chi connectivity index (χ0n) is 25.2. The molecule has 0 spiro atoms. The first-order valence-corrected chi connectivity index (χ1v) is 14.1. The molecule has 1 heterocycles. The number of aryl methyl sites for hydroxylation is 1. The van der Waals surface area contributed by atoms with Gasteiger partial charge in [-0.25, -0.2) is 5.26 Å². The maximum Gasteiger partial charge on any atom is 0.250 e. The second-order valence-electron chi connectivity index (χ2n) is 10.0. The molecule has 0 unspecified atom stereocenters. The average molecular weight is 558 g/mol. The number of hydrogen-bond donors (Lipinski definition) is 2. The van der Waals surface area contributed by atoms with Crippen molar-refractivity contribution in [3.05, 3.63) is 70.8 Å². The number of hydrogen-bond acceptors (Lipinski definition) is 7. The molecule has 2 radical (unpaired) electrons. The predicted octanol–water partition coefficient (Wildman–Crippen LogP) is 4.85. The van der Waals surface area contributed by atoms with Gasteiger partial charge in [-0.1, -0.05) is 31.1 Å². The Bertz CT molecular complexity index is 1210. The van der Waals surface area contributed by atoms with Crippen molar-refractivity contribution in [3.8, 4) is 11.7 Å². The van der Waals surface area contributed by atoms with Gasteiger partial charge in [0.05, 0.1) is 13.7 Å². The van der Waals surface area contributed by atoms with Crippen molar-refractivity contribution in [1.82, 2.24) is 4.90 Å². The normalized spacial score (nSPS) is 14.3. The highest BCUT2D eigenvalue weighted by atomic mass is 16.5. The van der Waals surface area contributed by atoms with Gasteiger partial charge in [0.1, 0.15) is 12.4 Å². The quantitative estimate of drug-likeness (QED) is 0.218. The minimum Gasteiger partial charge on any atom is -0.497 e. The summed E-state index contributed by atoms with van der Waals surface area (Å²) in [6, 6.07) is 14.0. The molecule has 218 valence electrons. The minimum atomic E-state index is -0.164. The minimum absolute atomic E-state index is 0.0260. The lowest BCUT2D eigenvalue weighted by Crippen LogP contribution is -2.47. The van der Waals surface area contributed by atoms with E-state index in [0.717, 1.165) is 79.4 Å². The molecular formula is C32H44BN5O3. The van der Waals surface area contributed by atoms with Crippen molar-refractivity contribution in [2.75, 3.05) is 63.3 Å². The summed E-state index contributed by atoms with van der Waals surface area (Å²) in [7, 11) is 5.84. The molecule has 8 nitrogen and oxygen atoms in total. The van der Waals surface area contributed by atoms with Crippen LogP contribution in [0.25, 0.3) is 5.70 Å². The number of nitrogens with zero attached hydrogens (tertiary/aromatic N) is 3. The average Bonchev–Trinajstić information content (AvgIpc) is 2.99. The van der Waals surface area contributed by atoms with Gasteiger partial charge in [0, 0.05) is 55.4 Å². The van der Waals surface area contributed by atoms with Crippen LogP contribution in [0.15, 0.2) is 59.7 Å². The number of allylic oxidation sites excluding steroid dienone is 3. The standard InChI is InChI=1S/C31H44N4O3.CBN/c1-6-7-8-23(2)25(4)31(32)29-21-26(10-9-24(29)3)33-30(36)22-38-20-19-34-15-17-35(18-16-34)27-11-13-28(37-5)14-12-27;2-1-3/h8-14,21H,6-7,15-20,22,32H2,1-5H3,(H,33,36);/b23-8+,31-25+;. The van der Waals surface area contributed by atoms with E-state index in [1.54, 1.807) is 7.11 Å². The third-order valence-electron chi connectivity index (χ3n) is 7.14. The summed E-state index contributed by atoms with van der Waals surface area (Å²) in [4.78, 5) is 17.3. The first-order valence-electron chi connectivity index (χ1n) is 14.1. The Morgan fingerprint density at radius 2 is 1.80 bits per heavy atom. The predicted molar refractivity (Wildman–Crippen MR) is 169 cm³/mol. The number of amides is 1. The highest BCUT2D eigenvalue weighted by Gasteiger charge is 2.17. The largest absolute Gasteiger partial charge is 0.497 e. The number of unbranched alkanes of at least 4 members (excludes halogenated alkanes) is 1. The molecule has 3 rings (SSSR count). The monoisotopic (exact) mass is 557 g/mol. The first-order chi connectivity index (χ1) is 19.7. The molecule has 9 heteroatoms. The maximum absolute atomic E-state index is 12.5. The van der Waals surface area contributed by atoms with Crippen molar-refractivity contribution in [2.45, 2.75) is 40.5 Å². The maximum atomic E-state index is 12.5. The number of nitriles is 1. The number of methoxy groups -OCH3 is 1. The van der Waals surface area contributed by atoms with Crippen LogP contribution in [0, 0.1) is 18.2 Å². The van der Waals surface area contributed by atoms with Crippen molar-refractivity contribution in [2.24, 2.45) is 5.73 Å². The summed E-state index contributed by atoms with van der Waals surface area (Å²) >= 11 is 0. The van der Waals surface area contributed by atoms with Crippen LogP contribution in [0.5, 0.6) is 5.75 Å². The van der Waals surface area contributed by atoms with Crippen LogP contribution < -0.4 is 20.7 Å². The number of carbonyl (C=O) groups excluding carboxylic acids is 1. The summed E-state index contributed by atoms with van der Waals surface area (Å²) < 4.78 is 10.9. The fourth-order valence-corrected chi connectivity index (χ4v) is 4.50. The van der Waals surface area contributed by atoms with Crippen LogP contribution in [0.2, 0.25) is 0 Å². The highest BCUT2D eigenvalue weighted by Crippen LogP contribution is 2.25. The van der Waals surface area contributed by atoms with E-state index in [2.05, 4.69) is 55.0 Å². The highest BCUT2D eigenvalue weighted by molar-refractivity contribution is 6.20. The van der Waals surface area contributed by atoms with Gasteiger partial charge in [-0.05, 0) is 80.7 Å². The Kier molecular flexibility index (Phi) is 14.6. The van der Waals surface area contributed by atoms with Crippen molar-refractivity contribution < 1.29 is 14.3 Å². The van der Waals surface area contributed by atoms with Crippen LogP contribution >= 0.6 is 0 Å². The molecule has 0 aromatic heterocycles. The second kappa shape index (κ2) is 17.9. The van der Waals surface area contributed by atoms with Crippen LogP contribution in [-0.4, -0.2) is 71.7 Å². The van der Waals surface area contributed by atoms with E-state index in [-0.39, 0.29) is 12.5 Å². The van der Waals surface area contributed by atoms with E-state index in [1.807, 2.05) is 44.2 Å². The van der Waals surface area contributed by atoms with Crippen LogP contribution in [0.1, 0.15) is 44.7 Å². The van der Waals surface area contributed by atoms with E-state index >= 15 is 0 Å². The Hall–Kier alpha value is -3.74. The lowest BCUT2D eigenvalue weighted by molar-refractivity contribution is -0.120. The molecule has 1 saturated heterocycles. The van der Waals surface area contributed by atoms with Gasteiger partial charge in [0.15, 0.2) is 0 Å². The molecule has 0 atom stereocenters. The number of carbonyl (C=O) groups is 1. The zero-order valence-corrected chi connectivity index (χ0v) is 25.2. The number of rotatable bonds is 12. The Morgan fingerprint density at radius 3 is 2.41 bits per heavy atom. The summed E-state index contributed by atoms with van der Waals surface area (Å²) in [6.07, 6.45) is 4.36. The van der Waals surface area contributed by atoms with Gasteiger partial charge in [-0.2, -0.15) is 0 Å². The van der Waals surface area contributed by atoms with Crippen LogP contribution in [0.3, 0.4) is 0 Å². The van der Waals surface area contributed by atoms with Crippen molar-refractivity contribution in [3.63, 3.8) is 0 Å². The fraction of sp³-hybridized carbons (Fsp3) is 0.438. The second-order valence-corrected chi connectivity index (χ2v) is 10.0. The van der Waals surface area contributed by atoms with Gasteiger partial charge < -0.3 is 25.4 Å².